The summed E-state index contributed by atoms with van der Waals surface area (Å²) in [5, 5.41) is 15.8. The molecule has 0 aliphatic carbocycles. The monoisotopic (exact) mass is 285 g/mol. The van der Waals surface area contributed by atoms with Crippen LogP contribution in [-0.2, 0) is 23.9 Å². The first-order valence-electron chi connectivity index (χ1n) is 5.62. The molecule has 0 spiro atoms. The van der Waals surface area contributed by atoms with E-state index in [1.807, 2.05) is 0 Å². The van der Waals surface area contributed by atoms with Crippen molar-refractivity contribution in [2.75, 3.05) is 0 Å². The van der Waals surface area contributed by atoms with Gasteiger partial charge in [-0.15, -0.1) is 5.10 Å². The van der Waals surface area contributed by atoms with Crippen molar-refractivity contribution < 1.29 is 23.1 Å². The van der Waals surface area contributed by atoms with Gasteiger partial charge in [0.2, 0.25) is 0 Å². The molecule has 0 unspecified atom stereocenters. The Morgan fingerprint density at radius 3 is 2.65 bits per heavy atom. The molecule has 2 rings (SSSR count). The Morgan fingerprint density at radius 1 is 1.30 bits per heavy atom. The molecule has 0 aliphatic heterocycles. The predicted octanol–water partition coefficient (Wildman–Crippen LogP) is 1.97. The van der Waals surface area contributed by atoms with Crippen molar-refractivity contribution in [1.82, 2.24) is 15.0 Å². The summed E-state index contributed by atoms with van der Waals surface area (Å²) >= 11 is 0. The van der Waals surface area contributed by atoms with Crippen molar-refractivity contribution in [3.63, 3.8) is 0 Å². The number of rotatable bonds is 4. The minimum Gasteiger partial charge on any atom is -0.481 e. The zero-order valence-corrected chi connectivity index (χ0v) is 10.1. The minimum absolute atomic E-state index is 0.0479. The Morgan fingerprint density at radius 2 is 2.00 bits per heavy atom. The molecule has 1 heterocycles. The first-order chi connectivity index (χ1) is 9.36. The summed E-state index contributed by atoms with van der Waals surface area (Å²) < 4.78 is 39.6. The molecule has 0 radical (unpaired) electrons. The largest absolute Gasteiger partial charge is 0.481 e. The second-order valence-electron chi connectivity index (χ2n) is 4.13. The van der Waals surface area contributed by atoms with Gasteiger partial charge in [-0.25, -0.2) is 4.68 Å². The molecule has 0 fully saturated rings. The van der Waals surface area contributed by atoms with Crippen LogP contribution in [0.3, 0.4) is 0 Å². The second kappa shape index (κ2) is 5.32. The van der Waals surface area contributed by atoms with Crippen molar-refractivity contribution in [1.29, 1.82) is 0 Å². The van der Waals surface area contributed by atoms with Crippen LogP contribution >= 0.6 is 0 Å². The summed E-state index contributed by atoms with van der Waals surface area (Å²) in [7, 11) is 0. The Kier molecular flexibility index (Phi) is 3.73. The van der Waals surface area contributed by atoms with E-state index in [1.165, 1.54) is 29.1 Å². The number of aliphatic carboxylic acids is 1. The number of benzene rings is 1. The lowest BCUT2D eigenvalue weighted by Crippen LogP contribution is -2.12. The number of carboxylic acids is 1. The van der Waals surface area contributed by atoms with Gasteiger partial charge in [0.05, 0.1) is 24.2 Å². The normalized spacial score (nSPS) is 11.6. The van der Waals surface area contributed by atoms with Crippen LogP contribution in [0, 0.1) is 0 Å². The summed E-state index contributed by atoms with van der Waals surface area (Å²) in [5.41, 5.74) is -0.496. The van der Waals surface area contributed by atoms with Crippen LogP contribution in [0.15, 0.2) is 30.5 Å². The number of carbonyl (C=O) groups is 1. The topological polar surface area (TPSA) is 68.0 Å². The van der Waals surface area contributed by atoms with E-state index in [0.717, 1.165) is 6.07 Å². The standard InChI is InChI=1S/C12H10F3N3O2/c13-12(14,15)10-4-2-1-3-8(10)6-18-7-9(16-17-18)5-11(19)20/h1-4,7H,5-6H2,(H,19,20). The molecule has 1 N–H and O–H groups in total. The number of nitrogens with zero attached hydrogens (tertiary/aromatic N) is 3. The molecule has 0 saturated carbocycles. The third-order valence-corrected chi connectivity index (χ3v) is 2.57. The Balaban J connectivity index is 2.22. The van der Waals surface area contributed by atoms with Crippen molar-refractivity contribution >= 4 is 5.97 Å². The summed E-state index contributed by atoms with van der Waals surface area (Å²) in [6.45, 7) is -0.123. The van der Waals surface area contributed by atoms with Crippen LogP contribution in [-0.4, -0.2) is 26.1 Å². The lowest BCUT2D eigenvalue weighted by atomic mass is 10.1. The zero-order valence-electron chi connectivity index (χ0n) is 10.1. The van der Waals surface area contributed by atoms with Gasteiger partial charge in [0.1, 0.15) is 0 Å². The van der Waals surface area contributed by atoms with E-state index in [0.29, 0.717) is 0 Å². The smallest absolute Gasteiger partial charge is 0.416 e. The zero-order chi connectivity index (χ0) is 14.8. The molecule has 1 aromatic heterocycles. The van der Waals surface area contributed by atoms with Crippen LogP contribution in [0.2, 0.25) is 0 Å². The lowest BCUT2D eigenvalue weighted by Gasteiger charge is -2.12. The number of aromatic nitrogens is 3. The number of hydrogen-bond acceptors (Lipinski definition) is 3. The third-order valence-electron chi connectivity index (χ3n) is 2.57. The van der Waals surface area contributed by atoms with Crippen LogP contribution < -0.4 is 0 Å². The van der Waals surface area contributed by atoms with Crippen LogP contribution in [0.25, 0.3) is 0 Å². The van der Waals surface area contributed by atoms with Gasteiger partial charge in [-0.1, -0.05) is 23.4 Å². The van der Waals surface area contributed by atoms with Gasteiger partial charge in [0, 0.05) is 6.20 Å². The molecular weight excluding hydrogens is 275 g/mol. The molecule has 0 atom stereocenters. The van der Waals surface area contributed by atoms with E-state index in [-0.39, 0.29) is 24.2 Å². The molecule has 106 valence electrons. The summed E-state index contributed by atoms with van der Waals surface area (Å²) in [6.07, 6.45) is -3.44. The fourth-order valence-electron chi connectivity index (χ4n) is 1.76. The molecule has 0 amide bonds. The van der Waals surface area contributed by atoms with Crippen LogP contribution in [0.5, 0.6) is 0 Å². The van der Waals surface area contributed by atoms with Gasteiger partial charge in [0.15, 0.2) is 0 Å². The van der Waals surface area contributed by atoms with Gasteiger partial charge in [0.25, 0.3) is 0 Å². The average Bonchev–Trinajstić information content (AvgIpc) is 2.75. The van der Waals surface area contributed by atoms with E-state index in [2.05, 4.69) is 10.3 Å². The van der Waals surface area contributed by atoms with E-state index in [1.54, 1.807) is 0 Å². The van der Waals surface area contributed by atoms with Gasteiger partial charge in [-0.2, -0.15) is 13.2 Å². The van der Waals surface area contributed by atoms with Crippen molar-refractivity contribution in [2.24, 2.45) is 0 Å². The number of alkyl halides is 3. The third kappa shape index (κ3) is 3.34. The van der Waals surface area contributed by atoms with E-state index >= 15 is 0 Å². The fraction of sp³-hybridized carbons (Fsp3) is 0.250. The van der Waals surface area contributed by atoms with E-state index in [4.69, 9.17) is 5.11 Å². The SMILES string of the molecule is O=C(O)Cc1cn(Cc2ccccc2C(F)(F)F)nn1. The number of hydrogen-bond donors (Lipinski definition) is 1. The predicted molar refractivity (Wildman–Crippen MR) is 61.9 cm³/mol. The first-order valence-corrected chi connectivity index (χ1v) is 5.62. The highest BCUT2D eigenvalue weighted by molar-refractivity contribution is 5.69. The van der Waals surface area contributed by atoms with Crippen LogP contribution in [0.1, 0.15) is 16.8 Å². The quantitative estimate of drug-likeness (QED) is 0.932. The van der Waals surface area contributed by atoms with Gasteiger partial charge in [-0.05, 0) is 11.6 Å². The Hall–Kier alpha value is -2.38. The fourth-order valence-corrected chi connectivity index (χ4v) is 1.76. The minimum atomic E-state index is -4.44. The molecule has 1 aromatic carbocycles. The first kappa shape index (κ1) is 14.0. The Labute approximate surface area is 111 Å². The summed E-state index contributed by atoms with van der Waals surface area (Å²) in [6, 6.07) is 5.15. The highest BCUT2D eigenvalue weighted by atomic mass is 19.4. The molecular formula is C12H10F3N3O2. The summed E-state index contributed by atoms with van der Waals surface area (Å²) in [4.78, 5) is 10.5. The van der Waals surface area contributed by atoms with Gasteiger partial charge in [-0.3, -0.25) is 4.79 Å². The van der Waals surface area contributed by atoms with E-state index in [9.17, 15) is 18.0 Å². The number of halogens is 3. The molecule has 0 aliphatic rings. The molecule has 0 saturated heterocycles. The van der Waals surface area contributed by atoms with Crippen LogP contribution in [0.4, 0.5) is 13.2 Å². The highest BCUT2D eigenvalue weighted by Crippen LogP contribution is 2.32. The highest BCUT2D eigenvalue weighted by Gasteiger charge is 2.32. The van der Waals surface area contributed by atoms with Gasteiger partial charge < -0.3 is 5.11 Å². The lowest BCUT2D eigenvalue weighted by molar-refractivity contribution is -0.138. The maximum Gasteiger partial charge on any atom is 0.416 e. The van der Waals surface area contributed by atoms with E-state index < -0.39 is 17.7 Å². The molecule has 5 nitrogen and oxygen atoms in total. The molecule has 8 heteroatoms. The van der Waals surface area contributed by atoms with Crippen molar-refractivity contribution in [3.8, 4) is 0 Å². The Bertz CT molecular complexity index is 622. The van der Waals surface area contributed by atoms with Gasteiger partial charge >= 0.3 is 12.1 Å². The molecule has 0 bridgehead atoms. The average molecular weight is 285 g/mol. The van der Waals surface area contributed by atoms with Crippen molar-refractivity contribution in [3.05, 3.63) is 47.3 Å². The molecule has 2 aromatic rings. The molecule has 20 heavy (non-hydrogen) atoms. The summed E-state index contributed by atoms with van der Waals surface area (Å²) in [5.74, 6) is -1.08. The van der Waals surface area contributed by atoms with Crippen molar-refractivity contribution in [2.45, 2.75) is 19.1 Å². The maximum absolute atomic E-state index is 12.8. The maximum atomic E-state index is 12.8. The second-order valence-corrected chi connectivity index (χ2v) is 4.13. The number of carboxylic acid groups (broad SMARTS) is 1.